The summed E-state index contributed by atoms with van der Waals surface area (Å²) in [5.41, 5.74) is 1.76. The number of rotatable bonds is 7. The van der Waals surface area contributed by atoms with Gasteiger partial charge in [0, 0.05) is 37.7 Å². The van der Waals surface area contributed by atoms with Crippen LogP contribution in [0.25, 0.3) is 5.57 Å². The molecule has 1 N–H and O–H groups in total. The van der Waals surface area contributed by atoms with Gasteiger partial charge in [-0.05, 0) is 35.9 Å². The van der Waals surface area contributed by atoms with Crippen LogP contribution in [0, 0.1) is 10.1 Å². The van der Waals surface area contributed by atoms with E-state index in [2.05, 4.69) is 0 Å². The number of hydrogen-bond acceptors (Lipinski definition) is 7. The summed E-state index contributed by atoms with van der Waals surface area (Å²) in [6.07, 6.45) is 0. The van der Waals surface area contributed by atoms with Gasteiger partial charge < -0.3 is 10.0 Å². The molecule has 2 aromatic rings. The van der Waals surface area contributed by atoms with Gasteiger partial charge in [-0.3, -0.25) is 19.7 Å². The Bertz CT molecular complexity index is 1000. The lowest BCUT2D eigenvalue weighted by Gasteiger charge is -2.19. The molecule has 1 aliphatic heterocycles. The quantitative estimate of drug-likeness (QED) is 0.423. The fourth-order valence-electron chi connectivity index (χ4n) is 2.94. The molecule has 0 atom stereocenters. The minimum Gasteiger partial charge on any atom is -0.396 e. The highest BCUT2D eigenvalue weighted by Gasteiger charge is 2.40. The van der Waals surface area contributed by atoms with E-state index in [-0.39, 0.29) is 28.5 Å². The zero-order chi connectivity index (χ0) is 21.1. The molecule has 0 unspecified atom stereocenters. The van der Waals surface area contributed by atoms with Crippen LogP contribution in [0.3, 0.4) is 0 Å². The Balaban J connectivity index is 2.05. The van der Waals surface area contributed by atoms with E-state index in [1.807, 2.05) is 25.1 Å². The number of amides is 2. The predicted octanol–water partition coefficient (Wildman–Crippen LogP) is 2.67. The van der Waals surface area contributed by atoms with Crippen molar-refractivity contribution in [3.63, 3.8) is 0 Å². The summed E-state index contributed by atoms with van der Waals surface area (Å²) in [6, 6.07) is 12.5. The standard InChI is InChI=1S/C20H19N3O5S/c1-21(2)15-4-3-5-16(12-15)22-19(25)17(18(20(22)26)29-11-10-24)13-6-8-14(9-7-13)23(27)28/h3-9,12,24H,10-11H2,1-2H3. The molecule has 0 saturated heterocycles. The molecule has 9 heteroatoms. The van der Waals surface area contributed by atoms with Crippen molar-refractivity contribution < 1.29 is 19.6 Å². The summed E-state index contributed by atoms with van der Waals surface area (Å²) in [5.74, 6) is -0.728. The normalized spacial score (nSPS) is 14.0. The number of carbonyl (C=O) groups excluding carboxylic acids is 2. The number of hydrogen-bond donors (Lipinski definition) is 1. The van der Waals surface area contributed by atoms with Crippen molar-refractivity contribution in [1.29, 1.82) is 0 Å². The van der Waals surface area contributed by atoms with Gasteiger partial charge in [0.2, 0.25) is 0 Å². The Kier molecular flexibility index (Phi) is 6.00. The highest BCUT2D eigenvalue weighted by Crippen LogP contribution is 2.39. The molecule has 0 aliphatic carbocycles. The first kappa shape index (κ1) is 20.6. The van der Waals surface area contributed by atoms with Crippen LogP contribution < -0.4 is 9.80 Å². The van der Waals surface area contributed by atoms with Crippen molar-refractivity contribution in [2.45, 2.75) is 0 Å². The molecule has 0 spiro atoms. The largest absolute Gasteiger partial charge is 0.396 e. The minimum atomic E-state index is -0.528. The zero-order valence-electron chi connectivity index (χ0n) is 15.9. The van der Waals surface area contributed by atoms with Crippen molar-refractivity contribution in [2.24, 2.45) is 0 Å². The van der Waals surface area contributed by atoms with E-state index in [0.29, 0.717) is 11.3 Å². The first-order valence-corrected chi connectivity index (χ1v) is 9.72. The Labute approximate surface area is 171 Å². The lowest BCUT2D eigenvalue weighted by Crippen LogP contribution is -2.31. The number of aliphatic hydroxyl groups is 1. The highest BCUT2D eigenvalue weighted by molar-refractivity contribution is 8.04. The topological polar surface area (TPSA) is 104 Å². The van der Waals surface area contributed by atoms with Gasteiger partial charge in [-0.15, -0.1) is 11.8 Å². The summed E-state index contributed by atoms with van der Waals surface area (Å²) in [4.78, 5) is 39.9. The third kappa shape index (κ3) is 4.01. The fourth-order valence-corrected chi connectivity index (χ4v) is 3.80. The zero-order valence-corrected chi connectivity index (χ0v) is 16.7. The van der Waals surface area contributed by atoms with Crippen LogP contribution in [0.1, 0.15) is 5.56 Å². The first-order chi connectivity index (χ1) is 13.8. The van der Waals surface area contributed by atoms with E-state index in [1.165, 1.54) is 24.3 Å². The second kappa shape index (κ2) is 8.46. The molecule has 29 heavy (non-hydrogen) atoms. The second-order valence-corrected chi connectivity index (χ2v) is 7.55. The van der Waals surface area contributed by atoms with Gasteiger partial charge in [-0.1, -0.05) is 6.07 Å². The van der Waals surface area contributed by atoms with Crippen molar-refractivity contribution in [2.75, 3.05) is 36.3 Å². The van der Waals surface area contributed by atoms with E-state index in [1.54, 1.807) is 18.2 Å². The van der Waals surface area contributed by atoms with Gasteiger partial charge in [-0.2, -0.15) is 0 Å². The maximum absolute atomic E-state index is 13.2. The predicted molar refractivity (Wildman–Crippen MR) is 113 cm³/mol. The third-order valence-corrected chi connectivity index (χ3v) is 5.40. The van der Waals surface area contributed by atoms with Crippen LogP contribution in [0.2, 0.25) is 0 Å². The Morgan fingerprint density at radius 1 is 1.10 bits per heavy atom. The van der Waals surface area contributed by atoms with Crippen LogP contribution in [-0.4, -0.2) is 48.3 Å². The maximum atomic E-state index is 13.2. The number of anilines is 2. The van der Waals surface area contributed by atoms with E-state index >= 15 is 0 Å². The van der Waals surface area contributed by atoms with Crippen LogP contribution in [-0.2, 0) is 9.59 Å². The smallest absolute Gasteiger partial charge is 0.272 e. The van der Waals surface area contributed by atoms with Gasteiger partial charge in [0.1, 0.15) is 0 Å². The first-order valence-electron chi connectivity index (χ1n) is 8.74. The number of carbonyl (C=O) groups is 2. The number of aliphatic hydroxyl groups excluding tert-OH is 1. The number of nitro groups is 1. The molecular weight excluding hydrogens is 394 g/mol. The van der Waals surface area contributed by atoms with Crippen LogP contribution in [0.4, 0.5) is 17.1 Å². The van der Waals surface area contributed by atoms with E-state index < -0.39 is 16.7 Å². The molecule has 0 aromatic heterocycles. The SMILES string of the molecule is CN(C)c1cccc(N2C(=O)C(SCCO)=C(c3ccc([N+](=O)[O-])cc3)C2=O)c1. The molecule has 0 radical (unpaired) electrons. The number of non-ortho nitro benzene ring substituents is 1. The van der Waals surface area contributed by atoms with Gasteiger partial charge in [0.15, 0.2) is 0 Å². The van der Waals surface area contributed by atoms with Gasteiger partial charge in [0.25, 0.3) is 17.5 Å². The molecule has 2 amide bonds. The van der Waals surface area contributed by atoms with Crippen molar-refractivity contribution >= 4 is 46.2 Å². The number of nitrogens with zero attached hydrogens (tertiary/aromatic N) is 3. The van der Waals surface area contributed by atoms with Crippen molar-refractivity contribution in [1.82, 2.24) is 0 Å². The van der Waals surface area contributed by atoms with Gasteiger partial charge >= 0.3 is 0 Å². The Morgan fingerprint density at radius 3 is 2.38 bits per heavy atom. The second-order valence-electron chi connectivity index (χ2n) is 6.44. The van der Waals surface area contributed by atoms with Crippen LogP contribution >= 0.6 is 11.8 Å². The number of thioether (sulfide) groups is 1. The lowest BCUT2D eigenvalue weighted by molar-refractivity contribution is -0.384. The number of benzene rings is 2. The average Bonchev–Trinajstić information content (AvgIpc) is 2.96. The number of nitro benzene ring substituents is 1. The van der Waals surface area contributed by atoms with E-state index in [9.17, 15) is 24.8 Å². The molecule has 0 bridgehead atoms. The summed E-state index contributed by atoms with van der Waals surface area (Å²) >= 11 is 1.09. The van der Waals surface area contributed by atoms with Gasteiger partial charge in [0.05, 0.1) is 27.7 Å². The summed E-state index contributed by atoms with van der Waals surface area (Å²) in [5, 5.41) is 20.1. The van der Waals surface area contributed by atoms with Crippen molar-refractivity contribution in [3.8, 4) is 0 Å². The summed E-state index contributed by atoms with van der Waals surface area (Å²) in [6.45, 7) is -0.153. The molecule has 8 nitrogen and oxygen atoms in total. The van der Waals surface area contributed by atoms with E-state index in [4.69, 9.17) is 0 Å². The maximum Gasteiger partial charge on any atom is 0.272 e. The fraction of sp³-hybridized carbons (Fsp3) is 0.200. The molecule has 2 aromatic carbocycles. The highest BCUT2D eigenvalue weighted by atomic mass is 32.2. The number of imide groups is 1. The summed E-state index contributed by atoms with van der Waals surface area (Å²) in [7, 11) is 3.71. The van der Waals surface area contributed by atoms with Gasteiger partial charge in [-0.25, -0.2) is 4.90 Å². The molecule has 3 rings (SSSR count). The molecule has 150 valence electrons. The molecular formula is C20H19N3O5S. The lowest BCUT2D eigenvalue weighted by atomic mass is 10.1. The van der Waals surface area contributed by atoms with Crippen molar-refractivity contribution in [3.05, 3.63) is 69.1 Å². The minimum absolute atomic E-state index is 0.105. The Morgan fingerprint density at radius 2 is 1.79 bits per heavy atom. The van der Waals surface area contributed by atoms with Crippen LogP contribution in [0.15, 0.2) is 53.4 Å². The van der Waals surface area contributed by atoms with Crippen LogP contribution in [0.5, 0.6) is 0 Å². The Hall–Kier alpha value is -3.17. The average molecular weight is 413 g/mol. The molecule has 0 saturated carbocycles. The molecule has 1 heterocycles. The van der Waals surface area contributed by atoms with E-state index in [0.717, 1.165) is 22.3 Å². The molecule has 1 aliphatic rings. The summed E-state index contributed by atoms with van der Waals surface area (Å²) < 4.78 is 0. The molecule has 0 fully saturated rings. The monoisotopic (exact) mass is 413 g/mol. The third-order valence-electron chi connectivity index (χ3n) is 4.35.